The average molecular weight is 306 g/mol. The SMILES string of the molecule is CC(C)(C)CC(C)(C)S(=O)NCC(C)(C)C[N+](C)(C)C. The summed E-state index contributed by atoms with van der Waals surface area (Å²) < 4.78 is 16.5. The van der Waals surface area contributed by atoms with Gasteiger partial charge in [0, 0.05) is 12.0 Å². The summed E-state index contributed by atoms with van der Waals surface area (Å²) in [5.41, 5.74) is 0.324. The summed E-state index contributed by atoms with van der Waals surface area (Å²) in [5, 5.41) is 0. The molecule has 0 saturated heterocycles. The predicted molar refractivity (Wildman–Crippen MR) is 91.0 cm³/mol. The fraction of sp³-hybridized carbons (Fsp3) is 1.00. The third-order valence-corrected chi connectivity index (χ3v) is 4.60. The van der Waals surface area contributed by atoms with Gasteiger partial charge >= 0.3 is 0 Å². The Labute approximate surface area is 129 Å². The fourth-order valence-electron chi connectivity index (χ4n) is 3.14. The van der Waals surface area contributed by atoms with E-state index in [0.717, 1.165) is 24.0 Å². The van der Waals surface area contributed by atoms with Crippen LogP contribution in [0.1, 0.15) is 54.9 Å². The van der Waals surface area contributed by atoms with Gasteiger partial charge < -0.3 is 4.48 Å². The van der Waals surface area contributed by atoms with Crippen LogP contribution in [0, 0.1) is 10.8 Å². The van der Waals surface area contributed by atoms with Crippen LogP contribution in [0.2, 0.25) is 0 Å². The van der Waals surface area contributed by atoms with Crippen molar-refractivity contribution in [3.8, 4) is 0 Å². The zero-order valence-electron chi connectivity index (χ0n) is 15.4. The van der Waals surface area contributed by atoms with Crippen LogP contribution in [0.15, 0.2) is 0 Å². The summed E-state index contributed by atoms with van der Waals surface area (Å²) in [6.07, 6.45) is 0.940. The number of quaternary nitrogens is 1. The van der Waals surface area contributed by atoms with E-state index >= 15 is 0 Å². The van der Waals surface area contributed by atoms with E-state index in [4.69, 9.17) is 0 Å². The maximum Gasteiger partial charge on any atom is 0.0973 e. The van der Waals surface area contributed by atoms with Gasteiger partial charge in [-0.15, -0.1) is 0 Å². The molecular weight excluding hydrogens is 268 g/mol. The number of hydrogen-bond acceptors (Lipinski definition) is 1. The highest BCUT2D eigenvalue weighted by Crippen LogP contribution is 2.30. The van der Waals surface area contributed by atoms with Crippen molar-refractivity contribution in [3.05, 3.63) is 0 Å². The topological polar surface area (TPSA) is 29.1 Å². The second-order valence-corrected chi connectivity index (χ2v) is 11.6. The maximum absolute atomic E-state index is 12.5. The van der Waals surface area contributed by atoms with Crippen LogP contribution in [0.25, 0.3) is 0 Å². The first-order chi connectivity index (χ1) is 8.54. The fourth-order valence-corrected chi connectivity index (χ4v) is 4.62. The second-order valence-electron chi connectivity index (χ2n) is 9.70. The molecule has 4 heteroatoms. The quantitative estimate of drug-likeness (QED) is 0.719. The Morgan fingerprint density at radius 3 is 1.75 bits per heavy atom. The van der Waals surface area contributed by atoms with Gasteiger partial charge in [0.15, 0.2) is 0 Å². The van der Waals surface area contributed by atoms with E-state index in [-0.39, 0.29) is 15.6 Å². The highest BCUT2D eigenvalue weighted by Gasteiger charge is 2.33. The van der Waals surface area contributed by atoms with Crippen LogP contribution < -0.4 is 4.72 Å². The number of nitrogens with one attached hydrogen (secondary N) is 1. The summed E-state index contributed by atoms with van der Waals surface area (Å²) in [5.74, 6) is 0. The van der Waals surface area contributed by atoms with E-state index in [9.17, 15) is 4.21 Å². The van der Waals surface area contributed by atoms with Crippen LogP contribution in [0.3, 0.4) is 0 Å². The summed E-state index contributed by atoms with van der Waals surface area (Å²) in [6, 6.07) is 0. The molecule has 0 aliphatic heterocycles. The second kappa shape index (κ2) is 6.45. The largest absolute Gasteiger partial charge is 0.330 e. The minimum atomic E-state index is -1.01. The van der Waals surface area contributed by atoms with Gasteiger partial charge in [-0.1, -0.05) is 34.6 Å². The molecule has 0 amide bonds. The molecule has 0 fully saturated rings. The Balaban J connectivity index is 4.55. The molecule has 0 aliphatic carbocycles. The minimum absolute atomic E-state index is 0.131. The van der Waals surface area contributed by atoms with Crippen LogP contribution >= 0.6 is 0 Å². The van der Waals surface area contributed by atoms with Gasteiger partial charge in [0.1, 0.15) is 0 Å². The van der Waals surface area contributed by atoms with Crippen LogP contribution in [-0.2, 0) is 11.0 Å². The third kappa shape index (κ3) is 9.09. The summed E-state index contributed by atoms with van der Waals surface area (Å²) in [4.78, 5) is 0. The Morgan fingerprint density at radius 2 is 1.40 bits per heavy atom. The molecule has 0 aromatic rings. The van der Waals surface area contributed by atoms with E-state index in [2.05, 4.69) is 74.3 Å². The number of hydrogen-bond donors (Lipinski definition) is 1. The molecule has 0 radical (unpaired) electrons. The lowest BCUT2D eigenvalue weighted by Gasteiger charge is -2.36. The summed E-state index contributed by atoms with van der Waals surface area (Å²) >= 11 is 0. The van der Waals surface area contributed by atoms with Crippen LogP contribution in [0.5, 0.6) is 0 Å². The Bertz CT molecular complexity index is 335. The standard InChI is InChI=1S/C16H37N2OS/c1-14(2,3)11-16(6,7)20(19)17-12-15(4,5)13-18(8,9)10/h17H,11-13H2,1-10H3/q+1. The zero-order valence-corrected chi connectivity index (χ0v) is 16.2. The highest BCUT2D eigenvalue weighted by molar-refractivity contribution is 7.84. The molecule has 122 valence electrons. The summed E-state index contributed by atoms with van der Waals surface area (Å²) in [7, 11) is 5.58. The molecule has 0 spiro atoms. The van der Waals surface area contributed by atoms with Gasteiger partial charge in [0.2, 0.25) is 0 Å². The molecule has 1 unspecified atom stereocenters. The first kappa shape index (κ1) is 20.1. The smallest absolute Gasteiger partial charge is 0.0973 e. The van der Waals surface area contributed by atoms with E-state index in [1.54, 1.807) is 0 Å². The van der Waals surface area contributed by atoms with Crippen molar-refractivity contribution in [1.82, 2.24) is 4.72 Å². The van der Waals surface area contributed by atoms with Crippen molar-refractivity contribution in [3.63, 3.8) is 0 Å². The first-order valence-electron chi connectivity index (χ1n) is 7.50. The molecule has 20 heavy (non-hydrogen) atoms. The van der Waals surface area contributed by atoms with E-state index in [0.29, 0.717) is 0 Å². The van der Waals surface area contributed by atoms with Crippen LogP contribution in [-0.4, -0.2) is 47.7 Å². The Hall–Kier alpha value is 0.0700. The van der Waals surface area contributed by atoms with Crippen molar-refractivity contribution in [1.29, 1.82) is 0 Å². The van der Waals surface area contributed by atoms with E-state index in [1.165, 1.54) is 0 Å². The number of nitrogens with zero attached hydrogens (tertiary/aromatic N) is 1. The van der Waals surface area contributed by atoms with Crippen molar-refractivity contribution in [2.75, 3.05) is 34.2 Å². The van der Waals surface area contributed by atoms with Gasteiger partial charge in [-0.2, -0.15) is 0 Å². The van der Waals surface area contributed by atoms with Gasteiger partial charge in [-0.3, -0.25) is 0 Å². The van der Waals surface area contributed by atoms with Gasteiger partial charge in [0.05, 0.1) is 43.4 Å². The molecule has 3 nitrogen and oxygen atoms in total. The van der Waals surface area contributed by atoms with Crippen LogP contribution in [0.4, 0.5) is 0 Å². The van der Waals surface area contributed by atoms with E-state index < -0.39 is 11.0 Å². The predicted octanol–water partition coefficient (Wildman–Crippen LogP) is 3.19. The molecule has 0 heterocycles. The zero-order chi connectivity index (χ0) is 16.4. The molecular formula is C16H37N2OS+. The molecule has 1 N–H and O–H groups in total. The van der Waals surface area contributed by atoms with Crippen molar-refractivity contribution in [2.45, 2.75) is 59.6 Å². The van der Waals surface area contributed by atoms with E-state index in [1.807, 2.05) is 0 Å². The van der Waals surface area contributed by atoms with Crippen molar-refractivity contribution in [2.24, 2.45) is 10.8 Å². The average Bonchev–Trinajstić information content (AvgIpc) is 2.05. The molecule has 0 saturated carbocycles. The third-order valence-electron chi connectivity index (χ3n) is 3.04. The summed E-state index contributed by atoms with van der Waals surface area (Å²) in [6.45, 7) is 17.1. The Kier molecular flexibility index (Phi) is 6.47. The minimum Gasteiger partial charge on any atom is -0.330 e. The van der Waals surface area contributed by atoms with Crippen molar-refractivity contribution >= 4 is 11.0 Å². The molecule has 0 aromatic carbocycles. The maximum atomic E-state index is 12.5. The van der Waals surface area contributed by atoms with Gasteiger partial charge in [-0.05, 0) is 25.7 Å². The highest BCUT2D eigenvalue weighted by atomic mass is 32.2. The lowest BCUT2D eigenvalue weighted by atomic mass is 9.86. The molecule has 1 atom stereocenters. The van der Waals surface area contributed by atoms with Gasteiger partial charge in [-0.25, -0.2) is 8.93 Å². The Morgan fingerprint density at radius 1 is 0.950 bits per heavy atom. The van der Waals surface area contributed by atoms with Gasteiger partial charge in [0.25, 0.3) is 0 Å². The monoisotopic (exact) mass is 305 g/mol. The normalized spacial score (nSPS) is 16.3. The molecule has 0 aromatic heterocycles. The first-order valence-corrected chi connectivity index (χ1v) is 8.65. The molecule has 0 aliphatic rings. The molecule has 0 bridgehead atoms. The lowest BCUT2D eigenvalue weighted by Crippen LogP contribution is -2.48. The number of rotatable bonds is 7. The lowest BCUT2D eigenvalue weighted by molar-refractivity contribution is -0.876. The molecule has 0 rings (SSSR count). The van der Waals surface area contributed by atoms with Crippen molar-refractivity contribution < 1.29 is 8.69 Å².